The minimum atomic E-state index is -2.94. The minimum Gasteiger partial charge on any atom is -0.461 e. The van der Waals surface area contributed by atoms with E-state index in [1.54, 1.807) is 6.07 Å². The number of hydrogen-bond acceptors (Lipinski definition) is 9. The van der Waals surface area contributed by atoms with Crippen molar-refractivity contribution in [1.29, 1.82) is 5.26 Å². The van der Waals surface area contributed by atoms with Crippen LogP contribution in [-0.2, 0) is 4.79 Å². The molecule has 2 N–H and O–H groups in total. The lowest BCUT2D eigenvalue weighted by atomic mass is 9.73. The van der Waals surface area contributed by atoms with E-state index in [1.807, 2.05) is 11.0 Å². The van der Waals surface area contributed by atoms with Gasteiger partial charge >= 0.3 is 6.01 Å². The Morgan fingerprint density at radius 3 is 2.65 bits per heavy atom. The van der Waals surface area contributed by atoms with Gasteiger partial charge < -0.3 is 20.3 Å². The number of nitriles is 1. The molecule has 2 aromatic carbocycles. The van der Waals surface area contributed by atoms with E-state index in [1.165, 1.54) is 17.0 Å². The Morgan fingerprint density at radius 1 is 1.13 bits per heavy atom. The number of rotatable bonds is 6. The van der Waals surface area contributed by atoms with Crippen LogP contribution in [0.3, 0.4) is 0 Å². The largest absolute Gasteiger partial charge is 0.461 e. The van der Waals surface area contributed by atoms with E-state index in [9.17, 15) is 27.6 Å². The number of halogens is 6. The van der Waals surface area contributed by atoms with Gasteiger partial charge in [-0.15, -0.1) is 11.3 Å². The summed E-state index contributed by atoms with van der Waals surface area (Å²) in [5.74, 6) is -5.82. The number of thiophene rings is 1. The molecule has 1 saturated carbocycles. The molecular formula is C36H33ClF5N7O2S. The number of likely N-dealkylation sites (tertiary alicyclic amines) is 1. The van der Waals surface area contributed by atoms with E-state index in [4.69, 9.17) is 27.1 Å². The van der Waals surface area contributed by atoms with Gasteiger partial charge in [0, 0.05) is 67.3 Å². The van der Waals surface area contributed by atoms with Crippen LogP contribution in [0, 0.1) is 34.3 Å². The highest BCUT2D eigenvalue weighted by atomic mass is 35.5. The van der Waals surface area contributed by atoms with Crippen LogP contribution in [0.15, 0.2) is 18.2 Å². The number of benzene rings is 2. The number of anilines is 2. The Hall–Kier alpha value is -4.00. The van der Waals surface area contributed by atoms with Crippen molar-refractivity contribution < 1.29 is 31.5 Å². The zero-order chi connectivity index (χ0) is 36.3. The number of nitrogen functional groups attached to an aromatic ring is 1. The van der Waals surface area contributed by atoms with Gasteiger partial charge in [-0.1, -0.05) is 17.7 Å². The van der Waals surface area contributed by atoms with E-state index >= 15 is 4.39 Å². The van der Waals surface area contributed by atoms with Gasteiger partial charge in [0.05, 0.1) is 20.8 Å². The number of ether oxygens (including phenoxy) is 1. The number of amides is 1. The van der Waals surface area contributed by atoms with Crippen LogP contribution in [0.25, 0.3) is 32.1 Å². The monoisotopic (exact) mass is 757 g/mol. The Kier molecular flexibility index (Phi) is 7.64. The molecule has 2 aromatic heterocycles. The van der Waals surface area contributed by atoms with Crippen molar-refractivity contribution in [2.45, 2.75) is 56.2 Å². The fourth-order valence-electron chi connectivity index (χ4n) is 9.14. The average molecular weight is 758 g/mol. The number of nitrogens with two attached hydrogens (primary N) is 1. The summed E-state index contributed by atoms with van der Waals surface area (Å²) >= 11 is 7.76. The summed E-state index contributed by atoms with van der Waals surface area (Å²) in [6.07, 6.45) is 2.02. The molecule has 9 nitrogen and oxygen atoms in total. The average Bonchev–Trinajstić information content (AvgIpc) is 3.33. The third kappa shape index (κ3) is 5.19. The first-order valence-corrected chi connectivity index (χ1v) is 18.6. The van der Waals surface area contributed by atoms with Crippen molar-refractivity contribution in [2.24, 2.45) is 11.3 Å². The summed E-state index contributed by atoms with van der Waals surface area (Å²) in [7, 11) is 0. The summed E-state index contributed by atoms with van der Waals surface area (Å²) in [6.45, 7) is 2.78. The third-order valence-electron chi connectivity index (χ3n) is 11.7. The Labute approximate surface area is 304 Å². The molecule has 0 bridgehead atoms. The van der Waals surface area contributed by atoms with Crippen LogP contribution < -0.4 is 15.4 Å². The summed E-state index contributed by atoms with van der Waals surface area (Å²) in [5.41, 5.74) is 5.15. The number of piperidine rings is 1. The zero-order valence-corrected chi connectivity index (χ0v) is 29.4. The maximum Gasteiger partial charge on any atom is 0.319 e. The van der Waals surface area contributed by atoms with Crippen molar-refractivity contribution in [2.75, 3.05) is 56.5 Å². The van der Waals surface area contributed by atoms with E-state index in [2.05, 4.69) is 9.88 Å². The van der Waals surface area contributed by atoms with Gasteiger partial charge in [0.1, 0.15) is 46.9 Å². The molecule has 1 aliphatic carbocycles. The SMILES string of the molecule is N#Cc1c(N)sc2c(F)ccc(-c3c(Cl)cc4c(N5CCCC6(CN(C(=O)[C@@H]7CC7(F)F)C6)C5)nc(OC[C@@]56CCCN5C[C@H](F)C6)nc4c3F)c12. The van der Waals surface area contributed by atoms with Crippen molar-refractivity contribution in [3.63, 3.8) is 0 Å². The molecule has 6 heterocycles. The molecule has 52 heavy (non-hydrogen) atoms. The molecule has 4 aliphatic heterocycles. The van der Waals surface area contributed by atoms with Crippen molar-refractivity contribution in [3.05, 3.63) is 40.4 Å². The van der Waals surface area contributed by atoms with Crippen LogP contribution in [0.4, 0.5) is 32.8 Å². The minimum absolute atomic E-state index is 0.0117. The lowest BCUT2D eigenvalue weighted by Gasteiger charge is -2.55. The van der Waals surface area contributed by atoms with Gasteiger partial charge in [-0.2, -0.15) is 15.2 Å². The topological polar surface area (TPSA) is 112 Å². The van der Waals surface area contributed by atoms with Crippen LogP contribution in [-0.4, -0.2) is 89.2 Å². The first kappa shape index (κ1) is 33.8. The second kappa shape index (κ2) is 11.8. The first-order valence-electron chi connectivity index (χ1n) is 17.4. The molecule has 5 fully saturated rings. The maximum atomic E-state index is 17.1. The van der Waals surface area contributed by atoms with E-state index in [-0.39, 0.29) is 65.7 Å². The second-order valence-electron chi connectivity index (χ2n) is 15.1. The molecule has 1 spiro atoms. The summed E-state index contributed by atoms with van der Waals surface area (Å²) < 4.78 is 80.3. The van der Waals surface area contributed by atoms with Gasteiger partial charge in [0.15, 0.2) is 5.82 Å². The summed E-state index contributed by atoms with van der Waals surface area (Å²) in [5, 5.41) is 10.4. The molecule has 16 heteroatoms. The fraction of sp³-hybridized carbons (Fsp3) is 0.500. The van der Waals surface area contributed by atoms with E-state index < -0.39 is 47.5 Å². The molecular weight excluding hydrogens is 725 g/mol. The number of hydrogen-bond donors (Lipinski definition) is 1. The predicted molar refractivity (Wildman–Crippen MR) is 186 cm³/mol. The van der Waals surface area contributed by atoms with Gasteiger partial charge in [-0.05, 0) is 49.9 Å². The van der Waals surface area contributed by atoms with Crippen molar-refractivity contribution >= 4 is 60.7 Å². The number of alkyl halides is 3. The lowest BCUT2D eigenvalue weighted by Crippen LogP contribution is -2.64. The molecule has 272 valence electrons. The van der Waals surface area contributed by atoms with Gasteiger partial charge in [-0.25, -0.2) is 22.0 Å². The Balaban J connectivity index is 1.13. The first-order chi connectivity index (χ1) is 24.8. The summed E-state index contributed by atoms with van der Waals surface area (Å²) in [4.78, 5) is 27.6. The van der Waals surface area contributed by atoms with Crippen molar-refractivity contribution in [1.82, 2.24) is 19.8 Å². The number of aromatic nitrogens is 2. The molecule has 9 rings (SSSR count). The predicted octanol–water partition coefficient (Wildman–Crippen LogP) is 6.94. The van der Waals surface area contributed by atoms with Crippen LogP contribution in [0.5, 0.6) is 6.01 Å². The van der Waals surface area contributed by atoms with Crippen molar-refractivity contribution in [3.8, 4) is 23.2 Å². The normalized spacial score (nSPS) is 26.2. The number of nitrogens with zero attached hydrogens (tertiary/aromatic N) is 6. The number of carbonyl (C=O) groups is 1. The molecule has 5 aliphatic rings. The zero-order valence-electron chi connectivity index (χ0n) is 27.8. The maximum absolute atomic E-state index is 17.1. The highest BCUT2D eigenvalue weighted by Crippen LogP contribution is 2.52. The summed E-state index contributed by atoms with van der Waals surface area (Å²) in [6, 6.07) is 5.97. The number of fused-ring (bicyclic) bond motifs is 3. The lowest BCUT2D eigenvalue weighted by molar-refractivity contribution is -0.147. The van der Waals surface area contributed by atoms with Gasteiger partial charge in [0.2, 0.25) is 5.91 Å². The third-order valence-corrected chi connectivity index (χ3v) is 13.0. The van der Waals surface area contributed by atoms with Gasteiger partial charge in [-0.3, -0.25) is 9.69 Å². The van der Waals surface area contributed by atoms with Crippen LogP contribution in [0.1, 0.15) is 44.1 Å². The highest BCUT2D eigenvalue weighted by molar-refractivity contribution is 7.23. The molecule has 0 unspecified atom stereocenters. The Bertz CT molecular complexity index is 2220. The standard InChI is InChI=1S/C36H33ClF5N7O2S/c37-23-9-20-28(27(40)26(23)19-3-4-24(39)29-25(19)21(12-43)30(44)52-29)45-33(51-17-35-6-2-8-49(35)13-18(38)10-35)46-31(20)47-7-1-5-34(14-47)15-48(16-34)32(50)22-11-36(22,41)42/h3-4,9,18,22H,1-2,5-8,10-11,13-17,44H2/t18-,22+,35+/m1/s1. The molecule has 3 atom stereocenters. The van der Waals surface area contributed by atoms with Gasteiger partial charge in [0.25, 0.3) is 5.92 Å². The van der Waals surface area contributed by atoms with E-state index in [0.717, 1.165) is 37.1 Å². The molecule has 0 radical (unpaired) electrons. The molecule has 4 aromatic rings. The Morgan fingerprint density at radius 2 is 1.90 bits per heavy atom. The molecule has 4 saturated heterocycles. The van der Waals surface area contributed by atoms with Crippen LogP contribution >= 0.6 is 22.9 Å². The fourth-order valence-corrected chi connectivity index (χ4v) is 10.4. The smallest absolute Gasteiger partial charge is 0.319 e. The van der Waals surface area contributed by atoms with Crippen LogP contribution in [0.2, 0.25) is 5.02 Å². The quantitative estimate of drug-likeness (QED) is 0.211. The second-order valence-corrected chi connectivity index (χ2v) is 16.6. The van der Waals surface area contributed by atoms with E-state index in [0.29, 0.717) is 51.4 Å². The molecule has 1 amide bonds. The number of carbonyl (C=O) groups excluding carboxylic acids is 1. The highest BCUT2D eigenvalue weighted by Gasteiger charge is 2.64.